The summed E-state index contributed by atoms with van der Waals surface area (Å²) in [6.45, 7) is 0. The molecule has 246 valence electrons. The Balaban J connectivity index is 1.15. The Bertz CT molecular complexity index is 3680. The van der Waals surface area contributed by atoms with E-state index in [1.807, 2.05) is 0 Å². The van der Waals surface area contributed by atoms with Crippen LogP contribution in [0.25, 0.3) is 92.3 Å². The van der Waals surface area contributed by atoms with Crippen LogP contribution in [0.15, 0.2) is 48.5 Å². The molecule has 2 heteroatoms. The van der Waals surface area contributed by atoms with Gasteiger partial charge in [0.1, 0.15) is 0 Å². The molecule has 10 aromatic carbocycles. The molecule has 0 radical (unpaired) electrons. The largest absolute Gasteiger partial charge is 0.469 e. The number of carbonyl (C=O) groups excluding carboxylic acids is 1. The second kappa shape index (κ2) is 6.84. The third-order valence-electron chi connectivity index (χ3n) is 17.9. The molecule has 1 fully saturated rings. The lowest BCUT2D eigenvalue weighted by molar-refractivity contribution is -0.140. The van der Waals surface area contributed by atoms with Gasteiger partial charge in [0.2, 0.25) is 0 Å². The Labute approximate surface area is 302 Å². The van der Waals surface area contributed by atoms with E-state index in [0.29, 0.717) is 30.1 Å². The number of hydrogen-bond donors (Lipinski definition) is 0. The Hall–Kier alpha value is -5.21. The molecule has 8 aliphatic rings. The summed E-state index contributed by atoms with van der Waals surface area (Å²) in [7, 11) is 1.55. The van der Waals surface area contributed by atoms with Gasteiger partial charge >= 0.3 is 5.97 Å². The highest BCUT2D eigenvalue weighted by Crippen LogP contribution is 2.87. The van der Waals surface area contributed by atoms with Crippen molar-refractivity contribution in [3.05, 3.63) is 109 Å². The van der Waals surface area contributed by atoms with Crippen LogP contribution in [0.4, 0.5) is 0 Å². The maximum Gasteiger partial charge on any atom is 0.305 e. The third-order valence-corrected chi connectivity index (χ3v) is 17.9. The third kappa shape index (κ3) is 1.94. The average Bonchev–Trinajstić information content (AvgIpc) is 3.86. The van der Waals surface area contributed by atoms with Crippen LogP contribution in [0.5, 0.6) is 0 Å². The molecule has 0 aromatic heterocycles. The van der Waals surface area contributed by atoms with E-state index < -0.39 is 0 Å². The van der Waals surface area contributed by atoms with Gasteiger partial charge in [-0.25, -0.2) is 0 Å². The van der Waals surface area contributed by atoms with E-state index >= 15 is 0 Å². The van der Waals surface area contributed by atoms with Crippen LogP contribution in [-0.2, 0) is 39.6 Å². The van der Waals surface area contributed by atoms with Crippen LogP contribution in [0.3, 0.4) is 0 Å². The first kappa shape index (κ1) is 24.9. The summed E-state index contributed by atoms with van der Waals surface area (Å²) in [5, 5.41) is 27.9. The number of fused-ring (bicyclic) bond motifs is 1. The first-order valence-electron chi connectivity index (χ1n) is 20.3. The number of ether oxygens (including phenoxy) is 1. The molecule has 6 unspecified atom stereocenters. The molecule has 18 rings (SSSR count). The van der Waals surface area contributed by atoms with E-state index in [9.17, 15) is 4.79 Å². The molecule has 0 saturated heterocycles. The zero-order chi connectivity index (χ0) is 33.5. The number of hydrogen-bond acceptors (Lipinski definition) is 2. The summed E-state index contributed by atoms with van der Waals surface area (Å²) in [6, 6.07) is 19.8. The van der Waals surface area contributed by atoms with E-state index in [1.165, 1.54) is 24.8 Å². The summed E-state index contributed by atoms with van der Waals surface area (Å²) in [5.41, 5.74) is 16.5. The van der Waals surface area contributed by atoms with E-state index in [0.717, 1.165) is 19.3 Å². The van der Waals surface area contributed by atoms with Crippen LogP contribution in [0.2, 0.25) is 0 Å². The normalized spacial score (nSPS) is 29.2. The number of methoxy groups -OCH3 is 1. The molecular weight excluding hydrogens is 645 g/mol. The molecule has 10 aromatic rings. The molecule has 1 saturated carbocycles. The van der Waals surface area contributed by atoms with E-state index in [1.54, 1.807) is 149 Å². The van der Waals surface area contributed by atoms with Crippen LogP contribution in [0.1, 0.15) is 99.1 Å². The predicted octanol–water partition coefficient (Wildman–Crippen LogP) is 10.4. The van der Waals surface area contributed by atoms with Gasteiger partial charge in [-0.3, -0.25) is 4.79 Å². The van der Waals surface area contributed by atoms with Gasteiger partial charge < -0.3 is 4.74 Å². The van der Waals surface area contributed by atoms with E-state index in [4.69, 9.17) is 4.74 Å². The molecule has 8 aliphatic carbocycles. The molecule has 0 bridgehead atoms. The predicted molar refractivity (Wildman–Crippen MR) is 212 cm³/mol. The number of carbonyl (C=O) groups is 1. The van der Waals surface area contributed by atoms with Crippen LogP contribution in [-0.4, -0.2) is 13.1 Å². The molecule has 6 atom stereocenters. The molecule has 0 amide bonds. The van der Waals surface area contributed by atoms with Gasteiger partial charge in [0.05, 0.1) is 7.11 Å². The zero-order valence-electron chi connectivity index (χ0n) is 29.3. The highest BCUT2D eigenvalue weighted by molar-refractivity contribution is 6.58. The highest BCUT2D eigenvalue weighted by Gasteiger charge is 2.81. The highest BCUT2D eigenvalue weighted by atomic mass is 16.5. The number of rotatable bonds is 5. The fourth-order valence-corrected chi connectivity index (χ4v) is 17.1. The summed E-state index contributed by atoms with van der Waals surface area (Å²) < 4.78 is 5.24. The smallest absolute Gasteiger partial charge is 0.305 e. The first-order valence-corrected chi connectivity index (χ1v) is 20.3. The minimum atomic E-state index is -0.0807. The van der Waals surface area contributed by atoms with Crippen molar-refractivity contribution in [1.29, 1.82) is 0 Å². The average molecular weight is 675 g/mol. The van der Waals surface area contributed by atoms with E-state index in [2.05, 4.69) is 54.6 Å². The Morgan fingerprint density at radius 3 is 2.28 bits per heavy atom. The number of esters is 1. The first-order chi connectivity index (χ1) is 26.2. The van der Waals surface area contributed by atoms with Gasteiger partial charge in [-0.15, -0.1) is 0 Å². The summed E-state index contributed by atoms with van der Waals surface area (Å²) in [4.78, 5) is 12.7. The zero-order valence-corrected chi connectivity index (χ0v) is 29.3. The van der Waals surface area contributed by atoms with Crippen molar-refractivity contribution in [3.63, 3.8) is 0 Å². The summed E-state index contributed by atoms with van der Waals surface area (Å²) >= 11 is 0. The minimum Gasteiger partial charge on any atom is -0.469 e. The molecule has 1 spiro atoms. The van der Waals surface area contributed by atoms with Gasteiger partial charge in [-0.05, 0) is 191 Å². The SMILES string of the molecule is COC(=O)CCCC1(c2ccccc2)C2c3cc4c5c6c(cc7c8c9c%10c%11c%12c%13c(cc%14c%12c%12c%15c(c%16c3c5c(c%10c86)c%16c%12%11)C21CC%15C=%14)CC(C7)C%139)C4. The fraction of sp³-hybridized carbons (Fsp3) is 0.275. The maximum atomic E-state index is 12.7. The van der Waals surface area contributed by atoms with Crippen molar-refractivity contribution in [1.82, 2.24) is 0 Å². The van der Waals surface area contributed by atoms with Crippen molar-refractivity contribution in [2.45, 2.75) is 73.5 Å². The minimum absolute atomic E-state index is 0.0179. The molecule has 0 N–H and O–H groups in total. The Morgan fingerprint density at radius 1 is 0.698 bits per heavy atom. The lowest BCUT2D eigenvalue weighted by Gasteiger charge is -2.30. The fourth-order valence-electron chi connectivity index (χ4n) is 17.1. The second-order valence-corrected chi connectivity index (χ2v) is 19.0. The van der Waals surface area contributed by atoms with Crippen LogP contribution < -0.4 is 5.22 Å². The lowest BCUT2D eigenvalue weighted by Crippen LogP contribution is -2.21. The van der Waals surface area contributed by atoms with Gasteiger partial charge in [-0.1, -0.05) is 54.6 Å². The van der Waals surface area contributed by atoms with Gasteiger partial charge in [0, 0.05) is 35.0 Å². The molecule has 0 heterocycles. The van der Waals surface area contributed by atoms with E-state index in [-0.39, 0.29) is 16.8 Å². The maximum absolute atomic E-state index is 12.7. The van der Waals surface area contributed by atoms with Crippen molar-refractivity contribution < 1.29 is 9.53 Å². The Morgan fingerprint density at radius 2 is 1.42 bits per heavy atom. The topological polar surface area (TPSA) is 26.3 Å². The number of benzene rings is 7. The van der Waals surface area contributed by atoms with Crippen LogP contribution >= 0.6 is 0 Å². The van der Waals surface area contributed by atoms with Gasteiger partial charge in [0.25, 0.3) is 0 Å². The lowest BCUT2D eigenvalue weighted by atomic mass is 9.72. The monoisotopic (exact) mass is 674 g/mol. The summed E-state index contributed by atoms with van der Waals surface area (Å²) in [5.74, 6) is 1.99. The van der Waals surface area contributed by atoms with Gasteiger partial charge in [0.15, 0.2) is 0 Å². The molecule has 2 nitrogen and oxygen atoms in total. The molecular formula is C51H30O2. The second-order valence-electron chi connectivity index (χ2n) is 19.0. The van der Waals surface area contributed by atoms with Gasteiger partial charge in [-0.2, -0.15) is 0 Å². The van der Waals surface area contributed by atoms with Crippen molar-refractivity contribution in [2.24, 2.45) is 5.92 Å². The Kier molecular flexibility index (Phi) is 3.22. The van der Waals surface area contributed by atoms with Crippen molar-refractivity contribution in [2.75, 3.05) is 7.11 Å². The van der Waals surface area contributed by atoms with Crippen molar-refractivity contribution in [3.8, 4) is 0 Å². The summed E-state index contributed by atoms with van der Waals surface area (Å²) in [6.07, 6.45) is 9.82. The molecule has 0 aliphatic heterocycles. The molecule has 53 heavy (non-hydrogen) atoms. The standard InChI is InChI=1S/C51H30O2/c1-53-27(52)8-5-9-50(25-6-3-2-4-7-25)49-26-16-23-14-20-12-21-11-18-10-19-13-22-15-24-17-51(49,50)48-34(24)39-33(22)38-29(19)28(18)36-32(21)37-30(20)31(23)40-35(26)47(48)46-44(39)42(38)41(36)43(37)45(40)46/h2-4,6-7,12-13,15-16,18,24,28,49H,5,8-11,14,17H2,1H3. The van der Waals surface area contributed by atoms with Crippen LogP contribution in [0, 0.1) is 5.92 Å². The van der Waals surface area contributed by atoms with Crippen molar-refractivity contribution >= 4 is 98.2 Å². The quantitative estimate of drug-likeness (QED) is 0.134.